The zero-order valence-electron chi connectivity index (χ0n) is 17.7. The van der Waals surface area contributed by atoms with Crippen molar-refractivity contribution in [2.75, 3.05) is 26.2 Å². The van der Waals surface area contributed by atoms with E-state index in [0.29, 0.717) is 12.0 Å². The average molecular weight is 398 g/mol. The topological polar surface area (TPSA) is 50.4 Å². The third-order valence-corrected chi connectivity index (χ3v) is 8.45. The van der Waals surface area contributed by atoms with Gasteiger partial charge in [0.1, 0.15) is 0 Å². The van der Waals surface area contributed by atoms with Gasteiger partial charge in [-0.05, 0) is 62.5 Å². The summed E-state index contributed by atoms with van der Waals surface area (Å²) in [6.45, 7) is 5.99. The van der Waals surface area contributed by atoms with E-state index >= 15 is 0 Å². The second-order valence-corrected chi connectivity index (χ2v) is 9.75. The van der Waals surface area contributed by atoms with Crippen molar-refractivity contribution in [2.45, 2.75) is 64.5 Å². The molecule has 2 saturated carbocycles. The van der Waals surface area contributed by atoms with Crippen molar-refractivity contribution in [1.82, 2.24) is 14.0 Å². The molecule has 5 nitrogen and oxygen atoms in total. The van der Waals surface area contributed by atoms with E-state index < -0.39 is 0 Å². The standard InChI is InChI=1S/C24H35N3O2/c1-2-26-21-8-3-4-9-22(21)27(23(26)29)20-10-14-25(15-18(20)17-28)16-19-7-5-11-24(19)12-6-13-24/h3-4,8-9,18-20,28H,2,5-7,10-17H2,1H3/t18-,19?,20+/m0/s1. The lowest BCUT2D eigenvalue weighted by Gasteiger charge is -2.47. The second kappa shape index (κ2) is 7.59. The molecule has 1 aromatic heterocycles. The Kier molecular flexibility index (Phi) is 5.07. The summed E-state index contributed by atoms with van der Waals surface area (Å²) in [5.74, 6) is 0.966. The second-order valence-electron chi connectivity index (χ2n) is 9.75. The van der Waals surface area contributed by atoms with Gasteiger partial charge in [-0.15, -0.1) is 0 Å². The number of piperidine rings is 1. The van der Waals surface area contributed by atoms with Crippen LogP contribution in [0.1, 0.15) is 57.9 Å². The number of aryl methyl sites for hydroxylation is 1. The fourth-order valence-corrected chi connectivity index (χ4v) is 6.74. The summed E-state index contributed by atoms with van der Waals surface area (Å²) in [7, 11) is 0. The molecule has 0 radical (unpaired) electrons. The number of aliphatic hydroxyl groups is 1. The Balaban J connectivity index is 1.38. The summed E-state index contributed by atoms with van der Waals surface area (Å²) >= 11 is 0. The Hall–Kier alpha value is -1.59. The maximum Gasteiger partial charge on any atom is 0.329 e. The molecule has 3 fully saturated rings. The van der Waals surface area contributed by atoms with Crippen molar-refractivity contribution in [1.29, 1.82) is 0 Å². The van der Waals surface area contributed by atoms with Crippen LogP contribution in [0.5, 0.6) is 0 Å². The number of benzene rings is 1. The first-order chi connectivity index (χ1) is 14.2. The van der Waals surface area contributed by atoms with Crippen LogP contribution >= 0.6 is 0 Å². The molecular weight excluding hydrogens is 362 g/mol. The smallest absolute Gasteiger partial charge is 0.329 e. The zero-order valence-corrected chi connectivity index (χ0v) is 17.7. The number of nitrogens with zero attached hydrogens (tertiary/aromatic N) is 3. The van der Waals surface area contributed by atoms with E-state index in [1.165, 1.54) is 45.1 Å². The predicted molar refractivity (Wildman–Crippen MR) is 116 cm³/mol. The minimum Gasteiger partial charge on any atom is -0.396 e. The molecule has 1 N–H and O–H groups in total. The van der Waals surface area contributed by atoms with Crippen LogP contribution in [-0.4, -0.2) is 45.4 Å². The van der Waals surface area contributed by atoms with E-state index in [-0.39, 0.29) is 24.3 Å². The molecule has 2 heterocycles. The van der Waals surface area contributed by atoms with Crippen LogP contribution in [0, 0.1) is 17.3 Å². The normalized spacial score (nSPS) is 29.5. The van der Waals surface area contributed by atoms with Gasteiger partial charge in [-0.25, -0.2) is 4.79 Å². The van der Waals surface area contributed by atoms with Crippen LogP contribution in [0.4, 0.5) is 0 Å². The number of hydrogen-bond donors (Lipinski definition) is 1. The zero-order chi connectivity index (χ0) is 20.0. The molecule has 1 aliphatic heterocycles. The van der Waals surface area contributed by atoms with E-state index in [2.05, 4.69) is 11.0 Å². The molecule has 2 aliphatic carbocycles. The maximum atomic E-state index is 13.2. The third-order valence-electron chi connectivity index (χ3n) is 8.45. The van der Waals surface area contributed by atoms with Gasteiger partial charge in [0.05, 0.1) is 11.0 Å². The van der Waals surface area contributed by atoms with Gasteiger partial charge in [-0.3, -0.25) is 9.13 Å². The summed E-state index contributed by atoms with van der Waals surface area (Å²) in [6.07, 6.45) is 9.45. The highest BCUT2D eigenvalue weighted by Crippen LogP contribution is 2.57. The van der Waals surface area contributed by atoms with Gasteiger partial charge in [0.15, 0.2) is 0 Å². The van der Waals surface area contributed by atoms with Gasteiger partial charge >= 0.3 is 5.69 Å². The minimum absolute atomic E-state index is 0.0785. The van der Waals surface area contributed by atoms with Gasteiger partial charge in [-0.1, -0.05) is 25.0 Å². The molecule has 1 spiro atoms. The van der Waals surface area contributed by atoms with Crippen LogP contribution in [0.2, 0.25) is 0 Å². The third kappa shape index (κ3) is 3.09. The molecule has 1 aromatic carbocycles. The Morgan fingerprint density at radius 1 is 1.10 bits per heavy atom. The molecule has 1 saturated heterocycles. The van der Waals surface area contributed by atoms with Crippen LogP contribution < -0.4 is 5.69 Å². The maximum absolute atomic E-state index is 13.2. The van der Waals surface area contributed by atoms with E-state index in [9.17, 15) is 9.90 Å². The van der Waals surface area contributed by atoms with Crippen LogP contribution in [0.15, 0.2) is 29.1 Å². The van der Waals surface area contributed by atoms with Crippen molar-refractivity contribution < 1.29 is 5.11 Å². The monoisotopic (exact) mass is 397 g/mol. The number of fused-ring (bicyclic) bond motifs is 1. The highest BCUT2D eigenvalue weighted by Gasteiger charge is 2.47. The molecule has 158 valence electrons. The number of para-hydroxylation sites is 2. The number of aromatic nitrogens is 2. The van der Waals surface area contributed by atoms with E-state index in [1.54, 1.807) is 0 Å². The number of rotatable bonds is 5. The molecule has 5 heteroatoms. The van der Waals surface area contributed by atoms with Gasteiger partial charge in [0.2, 0.25) is 0 Å². The summed E-state index contributed by atoms with van der Waals surface area (Å²) in [4.78, 5) is 15.8. The van der Waals surface area contributed by atoms with Crippen molar-refractivity contribution in [2.24, 2.45) is 17.3 Å². The van der Waals surface area contributed by atoms with E-state index in [1.807, 2.05) is 34.3 Å². The number of imidazole rings is 1. The molecular formula is C24H35N3O2. The molecule has 0 bridgehead atoms. The largest absolute Gasteiger partial charge is 0.396 e. The molecule has 1 unspecified atom stereocenters. The predicted octanol–water partition coefficient (Wildman–Crippen LogP) is 3.65. The summed E-state index contributed by atoms with van der Waals surface area (Å²) in [5, 5.41) is 10.2. The van der Waals surface area contributed by atoms with Gasteiger partial charge in [-0.2, -0.15) is 0 Å². The first kappa shape index (κ1) is 19.4. The molecule has 5 rings (SSSR count). The lowest BCUT2D eigenvalue weighted by molar-refractivity contribution is 0.0210. The van der Waals surface area contributed by atoms with Gasteiger partial charge < -0.3 is 10.0 Å². The van der Waals surface area contributed by atoms with Crippen LogP contribution in [0.3, 0.4) is 0 Å². The number of hydrogen-bond acceptors (Lipinski definition) is 3. The summed E-state index contributed by atoms with van der Waals surface area (Å²) < 4.78 is 3.86. The molecule has 3 atom stereocenters. The summed E-state index contributed by atoms with van der Waals surface area (Å²) in [5.41, 5.74) is 2.75. The van der Waals surface area contributed by atoms with Crippen molar-refractivity contribution in [3.05, 3.63) is 34.7 Å². The first-order valence-electron chi connectivity index (χ1n) is 11.7. The minimum atomic E-state index is 0.0785. The highest BCUT2D eigenvalue weighted by atomic mass is 16.3. The molecule has 3 aliphatic rings. The lowest BCUT2D eigenvalue weighted by Crippen LogP contribution is -2.48. The van der Waals surface area contributed by atoms with E-state index in [0.717, 1.165) is 36.5 Å². The van der Waals surface area contributed by atoms with Crippen LogP contribution in [0.25, 0.3) is 11.0 Å². The Morgan fingerprint density at radius 3 is 2.55 bits per heavy atom. The SMILES string of the molecule is CCn1c(=O)n([C@@H]2CCN(CC3CCCC34CCC4)C[C@H]2CO)c2ccccc21. The lowest BCUT2D eigenvalue weighted by atomic mass is 9.62. The average Bonchev–Trinajstić information content (AvgIpc) is 3.26. The van der Waals surface area contributed by atoms with Crippen LogP contribution in [-0.2, 0) is 6.54 Å². The Labute approximate surface area is 173 Å². The van der Waals surface area contributed by atoms with Gasteiger partial charge in [0.25, 0.3) is 0 Å². The van der Waals surface area contributed by atoms with Gasteiger partial charge in [0, 0.05) is 44.7 Å². The highest BCUT2D eigenvalue weighted by molar-refractivity contribution is 5.76. The summed E-state index contributed by atoms with van der Waals surface area (Å²) in [6, 6.07) is 8.20. The quantitative estimate of drug-likeness (QED) is 0.838. The number of likely N-dealkylation sites (tertiary alicyclic amines) is 1. The van der Waals surface area contributed by atoms with Crippen molar-refractivity contribution in [3.63, 3.8) is 0 Å². The van der Waals surface area contributed by atoms with Crippen molar-refractivity contribution in [3.8, 4) is 0 Å². The van der Waals surface area contributed by atoms with E-state index in [4.69, 9.17) is 0 Å². The molecule has 29 heavy (non-hydrogen) atoms. The first-order valence-corrected chi connectivity index (χ1v) is 11.7. The Bertz CT molecular complexity index is 926. The fraction of sp³-hybridized carbons (Fsp3) is 0.708. The Morgan fingerprint density at radius 2 is 1.86 bits per heavy atom. The van der Waals surface area contributed by atoms with Crippen molar-refractivity contribution >= 4 is 11.0 Å². The fourth-order valence-electron chi connectivity index (χ4n) is 6.74. The molecule has 0 amide bonds. The number of aliphatic hydroxyl groups excluding tert-OH is 1. The molecule has 2 aromatic rings.